The molecule has 2 aromatic heterocycles. The number of nitriles is 1. The van der Waals surface area contributed by atoms with Crippen LogP contribution in [-0.2, 0) is 11.8 Å². The Balaban J connectivity index is 1.83. The van der Waals surface area contributed by atoms with E-state index in [0.29, 0.717) is 18.1 Å². The molecule has 6 heteroatoms. The molecule has 0 N–H and O–H groups in total. The average Bonchev–Trinajstić information content (AvgIpc) is 3.11. The van der Waals surface area contributed by atoms with Crippen LogP contribution in [0.2, 0.25) is 0 Å². The van der Waals surface area contributed by atoms with Crippen LogP contribution >= 0.6 is 0 Å². The molecule has 0 aliphatic heterocycles. The zero-order valence-corrected chi connectivity index (χ0v) is 11.4. The lowest BCUT2D eigenvalue weighted by atomic mass is 9.75. The van der Waals surface area contributed by atoms with Crippen LogP contribution in [0.1, 0.15) is 55.1 Å². The quantitative estimate of drug-likeness (QED) is 0.853. The smallest absolute Gasteiger partial charge is 0.247 e. The topological polar surface area (TPSA) is 88.7 Å². The second-order valence-corrected chi connectivity index (χ2v) is 5.37. The highest BCUT2D eigenvalue weighted by atomic mass is 16.5. The van der Waals surface area contributed by atoms with Gasteiger partial charge in [0, 0.05) is 12.0 Å². The summed E-state index contributed by atoms with van der Waals surface area (Å²) >= 11 is 0. The van der Waals surface area contributed by atoms with E-state index in [4.69, 9.17) is 9.05 Å². The molecule has 1 fully saturated rings. The first-order chi connectivity index (χ1) is 9.73. The van der Waals surface area contributed by atoms with E-state index >= 15 is 0 Å². The zero-order chi connectivity index (χ0) is 14.0. The predicted octanol–water partition coefficient (Wildman–Crippen LogP) is 2.68. The van der Waals surface area contributed by atoms with Gasteiger partial charge in [-0.25, -0.2) is 0 Å². The van der Waals surface area contributed by atoms with E-state index in [-0.39, 0.29) is 0 Å². The fraction of sp³-hybridized carbons (Fsp3) is 0.571. The van der Waals surface area contributed by atoms with Crippen LogP contribution in [0.5, 0.6) is 0 Å². The highest BCUT2D eigenvalue weighted by molar-refractivity contribution is 5.21. The molecule has 0 unspecified atom stereocenters. The van der Waals surface area contributed by atoms with Crippen molar-refractivity contribution in [2.45, 2.75) is 50.9 Å². The maximum Gasteiger partial charge on any atom is 0.247 e. The van der Waals surface area contributed by atoms with Crippen molar-refractivity contribution in [2.24, 2.45) is 0 Å². The maximum absolute atomic E-state index is 9.50. The maximum atomic E-state index is 9.50. The van der Waals surface area contributed by atoms with Gasteiger partial charge in [0.15, 0.2) is 5.82 Å². The van der Waals surface area contributed by atoms with Crippen molar-refractivity contribution in [2.75, 3.05) is 0 Å². The number of hydrogen-bond donors (Lipinski definition) is 0. The van der Waals surface area contributed by atoms with Crippen LogP contribution in [-0.4, -0.2) is 15.3 Å². The van der Waals surface area contributed by atoms with Crippen LogP contribution < -0.4 is 0 Å². The Morgan fingerprint density at radius 1 is 1.30 bits per heavy atom. The summed E-state index contributed by atoms with van der Waals surface area (Å²) < 4.78 is 10.2. The van der Waals surface area contributed by atoms with Crippen molar-refractivity contribution < 1.29 is 9.05 Å². The van der Waals surface area contributed by atoms with Gasteiger partial charge in [-0.2, -0.15) is 10.2 Å². The van der Waals surface area contributed by atoms with E-state index in [1.165, 1.54) is 6.42 Å². The first-order valence-corrected chi connectivity index (χ1v) is 6.88. The first kappa shape index (κ1) is 12.9. The lowest BCUT2D eigenvalue weighted by Crippen LogP contribution is -2.27. The van der Waals surface area contributed by atoms with Crippen LogP contribution in [0.3, 0.4) is 0 Å². The summed E-state index contributed by atoms with van der Waals surface area (Å²) in [7, 11) is 0. The van der Waals surface area contributed by atoms with E-state index in [0.717, 1.165) is 36.9 Å². The van der Waals surface area contributed by atoms with E-state index in [1.54, 1.807) is 6.26 Å². The minimum absolute atomic E-state index is 0.462. The van der Waals surface area contributed by atoms with Gasteiger partial charge in [-0.3, -0.25) is 0 Å². The Bertz CT molecular complexity index is 632. The number of aryl methyl sites for hydroxylation is 1. The van der Waals surface area contributed by atoms with Crippen LogP contribution in [0.25, 0.3) is 0 Å². The van der Waals surface area contributed by atoms with Crippen molar-refractivity contribution in [3.05, 3.63) is 29.2 Å². The molecule has 104 valence electrons. The van der Waals surface area contributed by atoms with Crippen molar-refractivity contribution >= 4 is 0 Å². The van der Waals surface area contributed by atoms with E-state index in [2.05, 4.69) is 21.4 Å². The van der Waals surface area contributed by atoms with Crippen LogP contribution in [0, 0.1) is 18.3 Å². The second-order valence-electron chi connectivity index (χ2n) is 5.37. The molecule has 0 aromatic carbocycles. The fourth-order valence-electron chi connectivity index (χ4n) is 2.70. The van der Waals surface area contributed by atoms with Gasteiger partial charge in [-0.05, 0) is 19.8 Å². The van der Waals surface area contributed by atoms with Gasteiger partial charge >= 0.3 is 0 Å². The van der Waals surface area contributed by atoms with Crippen molar-refractivity contribution in [1.29, 1.82) is 5.26 Å². The molecule has 0 saturated heterocycles. The molecule has 0 radical (unpaired) electrons. The summed E-state index contributed by atoms with van der Waals surface area (Å²) in [5.41, 5.74) is 1.17. The van der Waals surface area contributed by atoms with Crippen molar-refractivity contribution in [1.82, 2.24) is 15.3 Å². The van der Waals surface area contributed by atoms with E-state index in [1.807, 2.05) is 6.92 Å². The highest BCUT2D eigenvalue weighted by Crippen LogP contribution is 2.38. The number of aromatic nitrogens is 3. The summed E-state index contributed by atoms with van der Waals surface area (Å²) in [4.78, 5) is 4.42. The number of rotatable bonds is 3. The molecule has 3 rings (SSSR count). The van der Waals surface area contributed by atoms with Gasteiger partial charge in [-0.1, -0.05) is 29.6 Å². The molecule has 1 aliphatic carbocycles. The van der Waals surface area contributed by atoms with Gasteiger partial charge in [0.2, 0.25) is 5.89 Å². The third-order valence-corrected chi connectivity index (χ3v) is 4.00. The molecule has 0 amide bonds. The zero-order valence-electron chi connectivity index (χ0n) is 11.4. The molecule has 2 aromatic rings. The minimum atomic E-state index is -0.590. The molecule has 6 nitrogen and oxygen atoms in total. The van der Waals surface area contributed by atoms with Gasteiger partial charge < -0.3 is 9.05 Å². The normalized spacial score (nSPS) is 17.8. The Labute approximate surface area is 116 Å². The fourth-order valence-corrected chi connectivity index (χ4v) is 2.70. The molecular weight excluding hydrogens is 256 g/mol. The summed E-state index contributed by atoms with van der Waals surface area (Å²) in [5.74, 6) is 1.04. The van der Waals surface area contributed by atoms with Gasteiger partial charge in [0.1, 0.15) is 11.7 Å². The largest absolute Gasteiger partial charge is 0.364 e. The van der Waals surface area contributed by atoms with Crippen LogP contribution in [0.4, 0.5) is 0 Å². The predicted molar refractivity (Wildman–Crippen MR) is 68.7 cm³/mol. The SMILES string of the molecule is Cc1nocc1Cc1noc(C2(C#N)CCCCC2)n1. The Hall–Kier alpha value is -2.16. The molecule has 2 heterocycles. The van der Waals surface area contributed by atoms with Crippen LogP contribution in [0.15, 0.2) is 15.3 Å². The van der Waals surface area contributed by atoms with E-state index in [9.17, 15) is 5.26 Å². The third-order valence-electron chi connectivity index (χ3n) is 4.00. The minimum Gasteiger partial charge on any atom is -0.364 e. The van der Waals surface area contributed by atoms with Gasteiger partial charge in [0.25, 0.3) is 0 Å². The van der Waals surface area contributed by atoms with Crippen molar-refractivity contribution in [3.63, 3.8) is 0 Å². The van der Waals surface area contributed by atoms with E-state index < -0.39 is 5.41 Å². The number of nitrogens with zero attached hydrogens (tertiary/aromatic N) is 4. The molecule has 0 atom stereocenters. The molecule has 0 spiro atoms. The monoisotopic (exact) mass is 272 g/mol. The number of hydrogen-bond acceptors (Lipinski definition) is 6. The lowest BCUT2D eigenvalue weighted by molar-refractivity contribution is 0.264. The molecular formula is C14H16N4O2. The summed E-state index contributed by atoms with van der Waals surface area (Å²) in [6.45, 7) is 1.87. The Morgan fingerprint density at radius 2 is 2.10 bits per heavy atom. The molecule has 1 saturated carbocycles. The first-order valence-electron chi connectivity index (χ1n) is 6.88. The van der Waals surface area contributed by atoms with Gasteiger partial charge in [-0.15, -0.1) is 0 Å². The Kier molecular flexibility index (Phi) is 3.26. The molecule has 1 aliphatic rings. The Morgan fingerprint density at radius 3 is 2.75 bits per heavy atom. The summed E-state index contributed by atoms with van der Waals surface area (Å²) in [6.07, 6.45) is 6.96. The molecule has 20 heavy (non-hydrogen) atoms. The average molecular weight is 272 g/mol. The summed E-state index contributed by atoms with van der Waals surface area (Å²) in [5, 5.41) is 17.3. The molecule has 0 bridgehead atoms. The van der Waals surface area contributed by atoms with Crippen molar-refractivity contribution in [3.8, 4) is 6.07 Å². The lowest BCUT2D eigenvalue weighted by Gasteiger charge is -2.26. The highest BCUT2D eigenvalue weighted by Gasteiger charge is 2.39. The third kappa shape index (κ3) is 2.20. The standard InChI is InChI=1S/C14H16N4O2/c1-10-11(8-19-17-10)7-12-16-13(20-18-12)14(9-15)5-3-2-4-6-14/h8H,2-7H2,1H3. The summed E-state index contributed by atoms with van der Waals surface area (Å²) in [6, 6.07) is 2.39. The second kappa shape index (κ2) is 5.08. The van der Waals surface area contributed by atoms with Gasteiger partial charge in [0.05, 0.1) is 11.8 Å².